The predicted octanol–water partition coefficient (Wildman–Crippen LogP) is 4.93. The number of carbonyl (C=O) groups is 2. The molecule has 9 nitrogen and oxygen atoms in total. The van der Waals surface area contributed by atoms with Crippen molar-refractivity contribution >= 4 is 11.9 Å². The Labute approximate surface area is 210 Å². The van der Waals surface area contributed by atoms with E-state index in [0.717, 1.165) is 0 Å². The lowest BCUT2D eigenvalue weighted by molar-refractivity contribution is 0.0694. The molecule has 37 heavy (non-hydrogen) atoms. The second-order valence-corrected chi connectivity index (χ2v) is 7.94. The van der Waals surface area contributed by atoms with Crippen molar-refractivity contribution < 1.29 is 29.6 Å². The number of phenolic OH excluding ortho intramolecular Hbond substituents is 2. The molecule has 182 valence electrons. The highest BCUT2D eigenvalue weighted by molar-refractivity contribution is 5.94. The molecular formula is C28H19N3O6. The van der Waals surface area contributed by atoms with Crippen LogP contribution in [0.4, 0.5) is 0 Å². The van der Waals surface area contributed by atoms with Gasteiger partial charge in [-0.1, -0.05) is 36.4 Å². The average Bonchev–Trinajstić information content (AvgIpc) is 3.34. The van der Waals surface area contributed by atoms with Gasteiger partial charge in [0.1, 0.15) is 22.8 Å². The van der Waals surface area contributed by atoms with Crippen LogP contribution in [0.5, 0.6) is 17.2 Å². The Kier molecular flexibility index (Phi) is 6.09. The van der Waals surface area contributed by atoms with Gasteiger partial charge in [-0.3, -0.25) is 0 Å². The van der Waals surface area contributed by atoms with Crippen LogP contribution >= 0.6 is 0 Å². The summed E-state index contributed by atoms with van der Waals surface area (Å²) in [6.45, 7) is 0. The van der Waals surface area contributed by atoms with Crippen LogP contribution in [-0.4, -0.2) is 42.0 Å². The van der Waals surface area contributed by atoms with E-state index in [2.05, 4.69) is 10.1 Å². The van der Waals surface area contributed by atoms with E-state index in [1.165, 1.54) is 35.0 Å². The highest BCUT2D eigenvalue weighted by Gasteiger charge is 2.21. The fraction of sp³-hybridized carbons (Fsp3) is 0. The second kappa shape index (κ2) is 9.67. The molecule has 0 radical (unpaired) electrons. The molecule has 0 bridgehead atoms. The number of esters is 1. The van der Waals surface area contributed by atoms with Gasteiger partial charge in [0.15, 0.2) is 11.6 Å². The summed E-state index contributed by atoms with van der Waals surface area (Å²) in [5, 5.41) is 34.4. The van der Waals surface area contributed by atoms with Crippen LogP contribution in [0.15, 0.2) is 97.1 Å². The lowest BCUT2D eigenvalue weighted by atomic mass is 10.1. The fourth-order valence-electron chi connectivity index (χ4n) is 3.73. The third-order valence-corrected chi connectivity index (χ3v) is 5.57. The van der Waals surface area contributed by atoms with Crippen LogP contribution in [-0.2, 0) is 0 Å². The summed E-state index contributed by atoms with van der Waals surface area (Å²) in [7, 11) is 0. The quantitative estimate of drug-likeness (QED) is 0.224. The molecule has 0 aliphatic carbocycles. The summed E-state index contributed by atoms with van der Waals surface area (Å²) in [5.74, 6) is -1.40. The number of carboxylic acid groups (broad SMARTS) is 1. The van der Waals surface area contributed by atoms with Crippen molar-refractivity contribution in [2.75, 3.05) is 0 Å². The number of aromatic nitrogens is 3. The maximum absolute atomic E-state index is 12.8. The monoisotopic (exact) mass is 493 g/mol. The topological polar surface area (TPSA) is 135 Å². The highest BCUT2D eigenvalue weighted by Crippen LogP contribution is 2.34. The first-order chi connectivity index (χ1) is 17.9. The number of hydrogen-bond acceptors (Lipinski definition) is 7. The Hall–Kier alpha value is -5.44. The first kappa shape index (κ1) is 23.3. The summed E-state index contributed by atoms with van der Waals surface area (Å²) >= 11 is 0. The van der Waals surface area contributed by atoms with Gasteiger partial charge in [-0.15, -0.1) is 5.10 Å². The predicted molar refractivity (Wildman–Crippen MR) is 134 cm³/mol. The number of carboxylic acids is 1. The summed E-state index contributed by atoms with van der Waals surface area (Å²) in [5.41, 5.74) is 1.40. The van der Waals surface area contributed by atoms with Gasteiger partial charge in [0.05, 0.1) is 22.4 Å². The van der Waals surface area contributed by atoms with E-state index in [9.17, 15) is 24.9 Å². The molecule has 0 atom stereocenters. The molecule has 4 aromatic carbocycles. The Morgan fingerprint density at radius 3 is 2.03 bits per heavy atom. The summed E-state index contributed by atoms with van der Waals surface area (Å²) in [6, 6.07) is 25.4. The molecule has 0 aliphatic rings. The first-order valence-electron chi connectivity index (χ1n) is 11.1. The minimum atomic E-state index is -1.06. The lowest BCUT2D eigenvalue weighted by Gasteiger charge is -2.09. The summed E-state index contributed by atoms with van der Waals surface area (Å²) in [6.07, 6.45) is 0. The number of ether oxygens (including phenoxy) is 1. The largest absolute Gasteiger partial charge is 0.507 e. The minimum Gasteiger partial charge on any atom is -0.507 e. The molecule has 0 unspecified atom stereocenters. The fourth-order valence-corrected chi connectivity index (χ4v) is 3.73. The number of benzene rings is 4. The van der Waals surface area contributed by atoms with E-state index in [4.69, 9.17) is 4.74 Å². The van der Waals surface area contributed by atoms with Crippen LogP contribution in [0, 0.1) is 0 Å². The molecular weight excluding hydrogens is 474 g/mol. The Morgan fingerprint density at radius 1 is 0.730 bits per heavy atom. The normalized spacial score (nSPS) is 10.7. The smallest absolute Gasteiger partial charge is 0.347 e. The first-order valence-corrected chi connectivity index (χ1v) is 11.1. The van der Waals surface area contributed by atoms with Crippen LogP contribution in [0.1, 0.15) is 20.7 Å². The SMILES string of the molecule is O=C(O)c1ccc(-n2nc(-c3ccccc3OC(=O)c3ccccc3O)nc2-c2ccccc2O)cc1. The van der Waals surface area contributed by atoms with Crippen molar-refractivity contribution in [3.05, 3.63) is 108 Å². The molecule has 0 spiro atoms. The summed E-state index contributed by atoms with van der Waals surface area (Å²) in [4.78, 5) is 28.7. The second-order valence-electron chi connectivity index (χ2n) is 7.94. The Balaban J connectivity index is 1.61. The molecule has 0 saturated heterocycles. The number of aromatic carboxylic acids is 1. The van der Waals surface area contributed by atoms with Crippen molar-refractivity contribution in [3.8, 4) is 45.7 Å². The summed E-state index contributed by atoms with van der Waals surface area (Å²) < 4.78 is 7.06. The van der Waals surface area contributed by atoms with Crippen molar-refractivity contribution in [2.45, 2.75) is 0 Å². The number of hydrogen-bond donors (Lipinski definition) is 3. The van der Waals surface area contributed by atoms with Gasteiger partial charge in [-0.25, -0.2) is 19.3 Å². The van der Waals surface area contributed by atoms with Gasteiger partial charge in [-0.05, 0) is 60.7 Å². The molecule has 0 amide bonds. The minimum absolute atomic E-state index is 0.00390. The number of carbonyl (C=O) groups excluding carboxylic acids is 1. The van der Waals surface area contributed by atoms with E-state index < -0.39 is 11.9 Å². The number of phenols is 2. The molecule has 3 N–H and O–H groups in total. The van der Waals surface area contributed by atoms with Crippen LogP contribution < -0.4 is 4.74 Å². The number of para-hydroxylation sites is 3. The van der Waals surface area contributed by atoms with Crippen LogP contribution in [0.2, 0.25) is 0 Å². The van der Waals surface area contributed by atoms with E-state index >= 15 is 0 Å². The van der Waals surface area contributed by atoms with Crippen molar-refractivity contribution in [1.29, 1.82) is 0 Å². The zero-order chi connectivity index (χ0) is 25.9. The van der Waals surface area contributed by atoms with Crippen LogP contribution in [0.25, 0.3) is 28.5 Å². The van der Waals surface area contributed by atoms with Crippen molar-refractivity contribution in [2.24, 2.45) is 0 Å². The lowest BCUT2D eigenvalue weighted by Crippen LogP contribution is -2.09. The molecule has 0 aliphatic heterocycles. The zero-order valence-corrected chi connectivity index (χ0v) is 19.1. The standard InChI is InChI=1S/C28H19N3O6/c32-22-10-4-1-7-19(22)26-29-25(30-31(26)18-15-13-17(14-16-18)27(34)35)21-9-3-6-12-24(21)37-28(36)20-8-2-5-11-23(20)33/h1-16,32-33H,(H,34,35). The third-order valence-electron chi connectivity index (χ3n) is 5.57. The van der Waals surface area contributed by atoms with Crippen molar-refractivity contribution in [1.82, 2.24) is 14.8 Å². The van der Waals surface area contributed by atoms with Gasteiger partial charge >= 0.3 is 11.9 Å². The van der Waals surface area contributed by atoms with E-state index in [0.29, 0.717) is 16.8 Å². The van der Waals surface area contributed by atoms with Gasteiger partial charge < -0.3 is 20.1 Å². The van der Waals surface area contributed by atoms with E-state index in [1.54, 1.807) is 66.7 Å². The van der Waals surface area contributed by atoms with Gasteiger partial charge in [0, 0.05) is 0 Å². The number of aromatic hydroxyl groups is 2. The van der Waals surface area contributed by atoms with Crippen molar-refractivity contribution in [3.63, 3.8) is 0 Å². The van der Waals surface area contributed by atoms with Gasteiger partial charge in [-0.2, -0.15) is 0 Å². The maximum Gasteiger partial charge on any atom is 0.347 e. The third kappa shape index (κ3) is 4.61. The van der Waals surface area contributed by atoms with Gasteiger partial charge in [0.25, 0.3) is 0 Å². The molecule has 9 heteroatoms. The molecule has 0 saturated carbocycles. The molecule has 5 rings (SSSR count). The van der Waals surface area contributed by atoms with E-state index in [-0.39, 0.29) is 40.0 Å². The highest BCUT2D eigenvalue weighted by atomic mass is 16.5. The Morgan fingerprint density at radius 2 is 1.35 bits per heavy atom. The van der Waals surface area contributed by atoms with Crippen LogP contribution in [0.3, 0.4) is 0 Å². The Bertz CT molecular complexity index is 1630. The molecule has 0 fully saturated rings. The number of rotatable bonds is 6. The zero-order valence-electron chi connectivity index (χ0n) is 19.1. The van der Waals surface area contributed by atoms with Gasteiger partial charge in [0.2, 0.25) is 0 Å². The van der Waals surface area contributed by atoms with E-state index in [1.807, 2.05) is 0 Å². The maximum atomic E-state index is 12.8. The molecule has 1 aromatic heterocycles. The molecule has 1 heterocycles. The average molecular weight is 493 g/mol. The number of nitrogens with zero attached hydrogens (tertiary/aromatic N) is 3. The molecule has 5 aromatic rings.